The van der Waals surface area contributed by atoms with Gasteiger partial charge in [-0.15, -0.1) is 11.3 Å². The van der Waals surface area contributed by atoms with Crippen molar-refractivity contribution < 1.29 is 14.4 Å². The van der Waals surface area contributed by atoms with Crippen molar-refractivity contribution in [2.75, 3.05) is 0 Å². The lowest BCUT2D eigenvalue weighted by atomic mass is 10.0. The first-order valence-electron chi connectivity index (χ1n) is 8.68. The molecule has 1 atom stereocenters. The summed E-state index contributed by atoms with van der Waals surface area (Å²) in [6.07, 6.45) is 0.980. The molecule has 1 aromatic heterocycles. The summed E-state index contributed by atoms with van der Waals surface area (Å²) in [5.74, 6) is -0.434. The van der Waals surface area contributed by atoms with E-state index in [0.29, 0.717) is 17.7 Å². The zero-order valence-electron chi connectivity index (χ0n) is 15.0. The van der Waals surface area contributed by atoms with Crippen molar-refractivity contribution in [3.8, 4) is 0 Å². The molecule has 2 amide bonds. The molecule has 1 heterocycles. The van der Waals surface area contributed by atoms with E-state index in [1.807, 2.05) is 55.6 Å². The molecular weight excluding hydrogens is 348 g/mol. The zero-order chi connectivity index (χ0) is 18.9. The van der Waals surface area contributed by atoms with E-state index in [0.717, 1.165) is 5.56 Å². The smallest absolute Gasteiger partial charge is 0.247 e. The van der Waals surface area contributed by atoms with Crippen LogP contribution < -0.4 is 10.6 Å². The van der Waals surface area contributed by atoms with Gasteiger partial charge in [-0.2, -0.15) is 0 Å². The number of Topliss-reactive ketones (excluding diaryl/α,β-unsaturated/α-hetero) is 1. The molecule has 0 fully saturated rings. The third kappa shape index (κ3) is 6.11. The van der Waals surface area contributed by atoms with Gasteiger partial charge in [-0.25, -0.2) is 0 Å². The van der Waals surface area contributed by atoms with E-state index in [2.05, 4.69) is 10.6 Å². The molecule has 0 radical (unpaired) electrons. The number of rotatable bonds is 9. The fourth-order valence-electron chi connectivity index (χ4n) is 2.52. The lowest BCUT2D eigenvalue weighted by molar-refractivity contribution is -0.129. The summed E-state index contributed by atoms with van der Waals surface area (Å²) in [5.41, 5.74) is 0.730. The molecule has 2 rings (SSSR count). The Kier molecular flexibility index (Phi) is 7.53. The molecular formula is C20H24N2O3S. The molecule has 0 unspecified atom stereocenters. The van der Waals surface area contributed by atoms with Crippen molar-refractivity contribution in [3.63, 3.8) is 0 Å². The molecule has 5 nitrogen and oxygen atoms in total. The van der Waals surface area contributed by atoms with E-state index in [9.17, 15) is 14.4 Å². The minimum absolute atomic E-state index is 0.0194. The van der Waals surface area contributed by atoms with Crippen molar-refractivity contribution in [3.05, 3.63) is 58.3 Å². The Bertz CT molecular complexity index is 727. The maximum absolute atomic E-state index is 12.4. The zero-order valence-corrected chi connectivity index (χ0v) is 15.8. The molecule has 1 aromatic carbocycles. The Morgan fingerprint density at radius 3 is 2.31 bits per heavy atom. The number of hydrogen-bond acceptors (Lipinski definition) is 4. The Morgan fingerprint density at radius 2 is 1.69 bits per heavy atom. The van der Waals surface area contributed by atoms with Crippen LogP contribution in [0.25, 0.3) is 0 Å². The number of hydrogen-bond donors (Lipinski definition) is 2. The summed E-state index contributed by atoms with van der Waals surface area (Å²) in [6.45, 7) is 3.75. The van der Waals surface area contributed by atoms with Crippen LogP contribution in [0.4, 0.5) is 0 Å². The van der Waals surface area contributed by atoms with Gasteiger partial charge in [0.15, 0.2) is 5.78 Å². The summed E-state index contributed by atoms with van der Waals surface area (Å²) >= 11 is 1.40. The number of nitrogens with one attached hydrogen (secondary N) is 2. The molecule has 6 heteroatoms. The van der Waals surface area contributed by atoms with Crippen LogP contribution in [0.3, 0.4) is 0 Å². The summed E-state index contributed by atoms with van der Waals surface area (Å²) in [5, 5.41) is 7.48. The number of amides is 2. The number of benzene rings is 1. The van der Waals surface area contributed by atoms with Crippen LogP contribution in [-0.2, 0) is 9.59 Å². The Morgan fingerprint density at radius 1 is 0.962 bits per heavy atom. The van der Waals surface area contributed by atoms with Crippen molar-refractivity contribution in [2.45, 2.75) is 45.2 Å². The van der Waals surface area contributed by atoms with E-state index in [4.69, 9.17) is 0 Å². The molecule has 0 aliphatic heterocycles. The standard InChI is InChI=1S/C20H24N2O3S/c1-14(2)21-20(25)19(15-8-4-3-5-9-15)22-18(24)12-6-10-16(23)17-11-7-13-26-17/h3-5,7-9,11,13-14,19H,6,10,12H2,1-2H3,(H,21,25)(H,22,24)/t19-/m0/s1. The number of carbonyl (C=O) groups is 3. The fraction of sp³-hybridized carbons (Fsp3) is 0.350. The van der Waals surface area contributed by atoms with Gasteiger partial charge < -0.3 is 10.6 Å². The molecule has 0 saturated carbocycles. The van der Waals surface area contributed by atoms with Gasteiger partial charge in [0, 0.05) is 18.9 Å². The lowest BCUT2D eigenvalue weighted by Gasteiger charge is -2.20. The van der Waals surface area contributed by atoms with Crippen molar-refractivity contribution >= 4 is 28.9 Å². The van der Waals surface area contributed by atoms with Crippen LogP contribution in [0.2, 0.25) is 0 Å². The van der Waals surface area contributed by atoms with Gasteiger partial charge >= 0.3 is 0 Å². The molecule has 0 aliphatic rings. The molecule has 2 aromatic rings. The van der Waals surface area contributed by atoms with E-state index >= 15 is 0 Å². The number of ketones is 1. The van der Waals surface area contributed by atoms with Crippen LogP contribution in [0.1, 0.15) is 54.4 Å². The molecule has 138 valence electrons. The summed E-state index contributed by atoms with van der Waals surface area (Å²) in [6, 6.07) is 12.0. The van der Waals surface area contributed by atoms with Crippen LogP contribution in [0.5, 0.6) is 0 Å². The largest absolute Gasteiger partial charge is 0.352 e. The molecule has 26 heavy (non-hydrogen) atoms. The average molecular weight is 372 g/mol. The maximum Gasteiger partial charge on any atom is 0.247 e. The highest BCUT2D eigenvalue weighted by molar-refractivity contribution is 7.12. The molecule has 2 N–H and O–H groups in total. The predicted molar refractivity (Wildman–Crippen MR) is 103 cm³/mol. The fourth-order valence-corrected chi connectivity index (χ4v) is 3.21. The van der Waals surface area contributed by atoms with Gasteiger partial charge in [-0.3, -0.25) is 14.4 Å². The predicted octanol–water partition coefficient (Wildman–Crippen LogP) is 3.48. The van der Waals surface area contributed by atoms with Gasteiger partial charge in [0.25, 0.3) is 0 Å². The van der Waals surface area contributed by atoms with Crippen LogP contribution in [0, 0.1) is 0 Å². The summed E-state index contributed by atoms with van der Waals surface area (Å²) < 4.78 is 0. The average Bonchev–Trinajstić information content (AvgIpc) is 3.14. The van der Waals surface area contributed by atoms with Gasteiger partial charge in [0.05, 0.1) is 4.88 Å². The summed E-state index contributed by atoms with van der Waals surface area (Å²) in [4.78, 5) is 37.4. The lowest BCUT2D eigenvalue weighted by Crippen LogP contribution is -2.42. The van der Waals surface area contributed by atoms with E-state index in [-0.39, 0.29) is 30.1 Å². The molecule has 0 spiro atoms. The minimum atomic E-state index is -0.737. The second kappa shape index (κ2) is 9.87. The van der Waals surface area contributed by atoms with Crippen molar-refractivity contribution in [2.24, 2.45) is 0 Å². The van der Waals surface area contributed by atoms with Gasteiger partial charge in [-0.05, 0) is 37.3 Å². The highest BCUT2D eigenvalue weighted by Crippen LogP contribution is 2.15. The Hall–Kier alpha value is -2.47. The molecule has 0 aliphatic carbocycles. The number of thiophene rings is 1. The molecule has 0 bridgehead atoms. The Labute approximate surface area is 157 Å². The van der Waals surface area contributed by atoms with Gasteiger partial charge in [-0.1, -0.05) is 36.4 Å². The van der Waals surface area contributed by atoms with E-state index in [1.165, 1.54) is 11.3 Å². The summed E-state index contributed by atoms with van der Waals surface area (Å²) in [7, 11) is 0. The first kappa shape index (κ1) is 19.8. The van der Waals surface area contributed by atoms with Gasteiger partial charge in [0.2, 0.25) is 11.8 Å². The molecule has 0 saturated heterocycles. The normalized spacial score (nSPS) is 11.8. The van der Waals surface area contributed by atoms with Crippen LogP contribution in [0.15, 0.2) is 47.8 Å². The SMILES string of the molecule is CC(C)NC(=O)[C@@H](NC(=O)CCCC(=O)c1cccs1)c1ccccc1. The first-order chi connectivity index (χ1) is 12.5. The quantitative estimate of drug-likeness (QED) is 0.662. The monoisotopic (exact) mass is 372 g/mol. The second-order valence-corrected chi connectivity index (χ2v) is 7.28. The van der Waals surface area contributed by atoms with Crippen LogP contribution >= 0.6 is 11.3 Å². The second-order valence-electron chi connectivity index (χ2n) is 6.33. The van der Waals surface area contributed by atoms with E-state index < -0.39 is 6.04 Å². The van der Waals surface area contributed by atoms with Crippen molar-refractivity contribution in [1.82, 2.24) is 10.6 Å². The van der Waals surface area contributed by atoms with E-state index in [1.54, 1.807) is 6.07 Å². The first-order valence-corrected chi connectivity index (χ1v) is 9.56. The third-order valence-electron chi connectivity index (χ3n) is 3.74. The highest BCUT2D eigenvalue weighted by Gasteiger charge is 2.23. The topological polar surface area (TPSA) is 75.3 Å². The number of carbonyl (C=O) groups excluding carboxylic acids is 3. The Balaban J connectivity index is 1.91. The van der Waals surface area contributed by atoms with Crippen molar-refractivity contribution in [1.29, 1.82) is 0 Å². The van der Waals surface area contributed by atoms with Crippen LogP contribution in [-0.4, -0.2) is 23.6 Å². The van der Waals surface area contributed by atoms with Gasteiger partial charge in [0.1, 0.15) is 6.04 Å². The minimum Gasteiger partial charge on any atom is -0.352 e. The highest BCUT2D eigenvalue weighted by atomic mass is 32.1. The third-order valence-corrected chi connectivity index (χ3v) is 4.65. The maximum atomic E-state index is 12.4.